The first kappa shape index (κ1) is 13.3. The lowest BCUT2D eigenvalue weighted by Gasteiger charge is -2.45. The minimum atomic E-state index is -0.153. The number of anilines is 1. The van der Waals surface area contributed by atoms with Crippen LogP contribution in [0, 0.1) is 17.2 Å². The van der Waals surface area contributed by atoms with Gasteiger partial charge in [-0.1, -0.05) is 26.0 Å². The van der Waals surface area contributed by atoms with Gasteiger partial charge in [-0.15, -0.1) is 0 Å². The van der Waals surface area contributed by atoms with E-state index in [0.29, 0.717) is 11.6 Å². The molecule has 0 saturated carbocycles. The van der Waals surface area contributed by atoms with Gasteiger partial charge in [0.25, 0.3) is 0 Å². The van der Waals surface area contributed by atoms with Crippen molar-refractivity contribution in [1.82, 2.24) is 0 Å². The molecule has 1 aliphatic rings. The van der Waals surface area contributed by atoms with E-state index < -0.39 is 0 Å². The molecule has 0 radical (unpaired) electrons. The molecule has 2 nitrogen and oxygen atoms in total. The average molecular weight is 251 g/mol. The Balaban J connectivity index is 2.16. The molecule has 18 heavy (non-hydrogen) atoms. The summed E-state index contributed by atoms with van der Waals surface area (Å²) in [5, 5.41) is 9.17. The smallest absolute Gasteiger partial charge is 0.146 e. The molecule has 1 aromatic carbocycles. The zero-order valence-corrected chi connectivity index (χ0v) is 11.2. The van der Waals surface area contributed by atoms with Crippen molar-refractivity contribution in [2.45, 2.75) is 26.7 Å². The number of benzene rings is 1. The monoisotopic (exact) mass is 251 g/mol. The number of aliphatic hydroxyl groups excluding tert-OH is 1. The maximum Gasteiger partial charge on any atom is 0.146 e. The molecule has 1 aliphatic heterocycles. The number of nitrogens with zero attached hydrogens (tertiary/aromatic N) is 1. The van der Waals surface area contributed by atoms with Crippen molar-refractivity contribution in [2.24, 2.45) is 11.3 Å². The van der Waals surface area contributed by atoms with Crippen LogP contribution in [0.25, 0.3) is 0 Å². The highest BCUT2D eigenvalue weighted by Crippen LogP contribution is 2.39. The lowest BCUT2D eigenvalue weighted by Crippen LogP contribution is -2.45. The van der Waals surface area contributed by atoms with E-state index in [1.54, 1.807) is 6.07 Å². The van der Waals surface area contributed by atoms with Crippen molar-refractivity contribution in [3.63, 3.8) is 0 Å². The summed E-state index contributed by atoms with van der Waals surface area (Å²) in [5.74, 6) is 0.260. The highest BCUT2D eigenvalue weighted by Gasteiger charge is 2.35. The number of aliphatic hydroxyl groups is 1. The van der Waals surface area contributed by atoms with Gasteiger partial charge in [0.1, 0.15) is 5.82 Å². The molecule has 1 N–H and O–H groups in total. The van der Waals surface area contributed by atoms with Gasteiger partial charge < -0.3 is 10.0 Å². The van der Waals surface area contributed by atoms with Crippen LogP contribution in [0.2, 0.25) is 0 Å². The highest BCUT2D eigenvalue weighted by molar-refractivity contribution is 5.48. The Morgan fingerprint density at radius 2 is 2.11 bits per heavy atom. The van der Waals surface area contributed by atoms with Gasteiger partial charge in [0.2, 0.25) is 0 Å². The number of hydrogen-bond acceptors (Lipinski definition) is 2. The van der Waals surface area contributed by atoms with Crippen LogP contribution in [0.4, 0.5) is 10.1 Å². The van der Waals surface area contributed by atoms with Crippen molar-refractivity contribution in [1.29, 1.82) is 0 Å². The van der Waals surface area contributed by atoms with E-state index >= 15 is 0 Å². The fourth-order valence-electron chi connectivity index (χ4n) is 2.80. The number of halogens is 1. The van der Waals surface area contributed by atoms with E-state index in [1.165, 1.54) is 6.07 Å². The molecule has 0 spiro atoms. The Hall–Kier alpha value is -1.09. The average Bonchev–Trinajstić information content (AvgIpc) is 2.33. The topological polar surface area (TPSA) is 23.5 Å². The standard InChI is InChI=1S/C15H22FNO/c1-15(2)8-9-17(11-12(15)7-10-18)14-6-4-3-5-13(14)16/h3-6,12,18H,7-11H2,1-2H3. The number of hydrogen-bond donors (Lipinski definition) is 1. The first-order chi connectivity index (χ1) is 8.54. The summed E-state index contributed by atoms with van der Waals surface area (Å²) >= 11 is 0. The van der Waals surface area contributed by atoms with Crippen LogP contribution in [0.5, 0.6) is 0 Å². The van der Waals surface area contributed by atoms with Crippen LogP contribution in [0.3, 0.4) is 0 Å². The third kappa shape index (κ3) is 2.66. The second kappa shape index (κ2) is 5.27. The van der Waals surface area contributed by atoms with Gasteiger partial charge in [-0.05, 0) is 36.3 Å². The van der Waals surface area contributed by atoms with Gasteiger partial charge in [-0.3, -0.25) is 0 Å². The Labute approximate surface area is 108 Å². The van der Waals surface area contributed by atoms with Gasteiger partial charge in [-0.25, -0.2) is 4.39 Å². The molecule has 1 aromatic rings. The molecule has 0 aromatic heterocycles. The molecule has 2 rings (SSSR count). The highest BCUT2D eigenvalue weighted by atomic mass is 19.1. The third-order valence-electron chi connectivity index (χ3n) is 4.24. The Morgan fingerprint density at radius 3 is 2.78 bits per heavy atom. The van der Waals surface area contributed by atoms with Gasteiger partial charge in [0, 0.05) is 19.7 Å². The predicted molar refractivity (Wildman–Crippen MR) is 72.2 cm³/mol. The van der Waals surface area contributed by atoms with Crippen LogP contribution in [0.1, 0.15) is 26.7 Å². The van der Waals surface area contributed by atoms with Crippen LogP contribution in [-0.4, -0.2) is 24.8 Å². The van der Waals surface area contributed by atoms with Gasteiger partial charge >= 0.3 is 0 Å². The molecule has 0 bridgehead atoms. The van der Waals surface area contributed by atoms with Crippen molar-refractivity contribution in [3.8, 4) is 0 Å². The summed E-state index contributed by atoms with van der Waals surface area (Å²) in [6.45, 7) is 6.40. The van der Waals surface area contributed by atoms with Gasteiger partial charge in [0.05, 0.1) is 5.69 Å². The van der Waals surface area contributed by atoms with Crippen LogP contribution >= 0.6 is 0 Å². The molecule has 3 heteroatoms. The first-order valence-electron chi connectivity index (χ1n) is 6.65. The molecule has 0 aliphatic carbocycles. The second-order valence-electron chi connectivity index (χ2n) is 5.85. The van der Waals surface area contributed by atoms with Gasteiger partial charge in [0.15, 0.2) is 0 Å². The number of para-hydroxylation sites is 1. The molecule has 1 unspecified atom stereocenters. The Morgan fingerprint density at radius 1 is 1.39 bits per heavy atom. The summed E-state index contributed by atoms with van der Waals surface area (Å²) < 4.78 is 13.8. The molecular formula is C15H22FNO. The van der Waals surface area contributed by atoms with E-state index in [1.807, 2.05) is 12.1 Å². The Bertz CT molecular complexity index is 405. The van der Waals surface area contributed by atoms with E-state index in [9.17, 15) is 4.39 Å². The fourth-order valence-corrected chi connectivity index (χ4v) is 2.80. The van der Waals surface area contributed by atoms with Crippen molar-refractivity contribution < 1.29 is 9.50 Å². The van der Waals surface area contributed by atoms with Crippen molar-refractivity contribution in [2.75, 3.05) is 24.6 Å². The predicted octanol–water partition coefficient (Wildman–Crippen LogP) is 3.06. The SMILES string of the molecule is CC1(C)CCN(c2ccccc2F)CC1CCO. The number of rotatable bonds is 3. The fraction of sp³-hybridized carbons (Fsp3) is 0.600. The lowest BCUT2D eigenvalue weighted by atomic mass is 9.72. The molecule has 100 valence electrons. The van der Waals surface area contributed by atoms with Crippen molar-refractivity contribution >= 4 is 5.69 Å². The van der Waals surface area contributed by atoms with Gasteiger partial charge in [-0.2, -0.15) is 0 Å². The molecule has 0 amide bonds. The van der Waals surface area contributed by atoms with Crippen LogP contribution in [0.15, 0.2) is 24.3 Å². The molecule has 1 heterocycles. The zero-order chi connectivity index (χ0) is 13.2. The Kier molecular flexibility index (Phi) is 3.91. The molecule has 1 saturated heterocycles. The van der Waals surface area contributed by atoms with E-state index in [-0.39, 0.29) is 17.8 Å². The minimum absolute atomic E-state index is 0.153. The summed E-state index contributed by atoms with van der Waals surface area (Å²) in [6, 6.07) is 6.94. The van der Waals surface area contributed by atoms with E-state index in [2.05, 4.69) is 18.7 Å². The summed E-state index contributed by atoms with van der Waals surface area (Å²) in [5.41, 5.74) is 0.917. The first-order valence-corrected chi connectivity index (χ1v) is 6.65. The van der Waals surface area contributed by atoms with Crippen molar-refractivity contribution in [3.05, 3.63) is 30.1 Å². The maximum atomic E-state index is 13.8. The zero-order valence-electron chi connectivity index (χ0n) is 11.2. The second-order valence-corrected chi connectivity index (χ2v) is 5.85. The summed E-state index contributed by atoms with van der Waals surface area (Å²) in [4.78, 5) is 2.11. The van der Waals surface area contributed by atoms with E-state index in [0.717, 1.165) is 25.9 Å². The third-order valence-corrected chi connectivity index (χ3v) is 4.24. The summed E-state index contributed by atoms with van der Waals surface area (Å²) in [7, 11) is 0. The summed E-state index contributed by atoms with van der Waals surface area (Å²) in [6.07, 6.45) is 1.82. The van der Waals surface area contributed by atoms with E-state index in [4.69, 9.17) is 5.11 Å². The number of piperidine rings is 1. The molecular weight excluding hydrogens is 229 g/mol. The lowest BCUT2D eigenvalue weighted by molar-refractivity contribution is 0.131. The molecule has 1 fully saturated rings. The minimum Gasteiger partial charge on any atom is -0.396 e. The molecule has 1 atom stereocenters. The normalized spacial score (nSPS) is 23.1. The van der Waals surface area contributed by atoms with Crippen LogP contribution in [-0.2, 0) is 0 Å². The quantitative estimate of drug-likeness (QED) is 0.892. The largest absolute Gasteiger partial charge is 0.396 e. The van der Waals surface area contributed by atoms with Crippen LogP contribution < -0.4 is 4.90 Å². The maximum absolute atomic E-state index is 13.8.